The molecule has 0 radical (unpaired) electrons. The van der Waals surface area contributed by atoms with E-state index in [1.807, 2.05) is 20.8 Å². The van der Waals surface area contributed by atoms with Gasteiger partial charge in [0.05, 0.1) is 0 Å². The minimum atomic E-state index is -0.535. The van der Waals surface area contributed by atoms with Crippen LogP contribution in [-0.4, -0.2) is 34.6 Å². The van der Waals surface area contributed by atoms with Gasteiger partial charge in [-0.3, -0.25) is 10.3 Å². The van der Waals surface area contributed by atoms with Gasteiger partial charge in [0.1, 0.15) is 5.60 Å². The molecule has 0 unspecified atom stereocenters. The normalized spacial score (nSPS) is 10.8. The first-order valence-corrected chi connectivity index (χ1v) is 6.78. The number of nitrogens with one attached hydrogen (secondary N) is 1. The maximum Gasteiger partial charge on any atom is 0.416 e. The number of carbonyl (C=O) groups excluding carboxylic acids is 1. The van der Waals surface area contributed by atoms with E-state index < -0.39 is 11.7 Å². The number of allylic oxidation sites excluding steroid dienone is 1. The van der Waals surface area contributed by atoms with Crippen LogP contribution in [0.1, 0.15) is 33.6 Å². The van der Waals surface area contributed by atoms with Crippen molar-refractivity contribution < 1.29 is 9.53 Å². The Hall–Kier alpha value is -0.970. The van der Waals surface area contributed by atoms with E-state index in [9.17, 15) is 4.79 Å². The quantitative estimate of drug-likeness (QED) is 0.363. The van der Waals surface area contributed by atoms with Crippen LogP contribution in [-0.2, 0) is 4.74 Å². The molecule has 0 saturated heterocycles. The monoisotopic (exact) mass is 258 g/mol. The van der Waals surface area contributed by atoms with E-state index >= 15 is 0 Å². The average molecular weight is 258 g/mol. The largest absolute Gasteiger partial charge is 0.443 e. The second kappa shape index (κ2) is 7.37. The highest BCUT2D eigenvalue weighted by molar-refractivity contribution is 8.13. The Morgan fingerprint density at radius 3 is 2.53 bits per heavy atom. The summed E-state index contributed by atoms with van der Waals surface area (Å²) in [6.07, 6.45) is 4.72. The lowest BCUT2D eigenvalue weighted by atomic mass is 10.2. The maximum absolute atomic E-state index is 11.9. The summed E-state index contributed by atoms with van der Waals surface area (Å²) < 4.78 is 5.26. The van der Waals surface area contributed by atoms with Crippen molar-refractivity contribution in [1.82, 2.24) is 4.90 Å². The van der Waals surface area contributed by atoms with Gasteiger partial charge in [0.25, 0.3) is 0 Å². The number of ether oxygens (including phenoxy) is 1. The van der Waals surface area contributed by atoms with Crippen LogP contribution in [0, 0.1) is 5.41 Å². The van der Waals surface area contributed by atoms with Gasteiger partial charge in [0, 0.05) is 6.54 Å². The van der Waals surface area contributed by atoms with Crippen LogP contribution in [0.2, 0.25) is 0 Å². The summed E-state index contributed by atoms with van der Waals surface area (Å²) in [7, 11) is 0. The zero-order valence-electron chi connectivity index (χ0n) is 11.1. The van der Waals surface area contributed by atoms with Crippen molar-refractivity contribution in [2.24, 2.45) is 0 Å². The maximum atomic E-state index is 11.9. The zero-order valence-corrected chi connectivity index (χ0v) is 11.9. The fourth-order valence-electron chi connectivity index (χ4n) is 1.10. The van der Waals surface area contributed by atoms with Crippen molar-refractivity contribution in [2.75, 3.05) is 12.8 Å². The summed E-state index contributed by atoms with van der Waals surface area (Å²) >= 11 is 1.23. The Labute approximate surface area is 108 Å². The lowest BCUT2D eigenvalue weighted by Crippen LogP contribution is -2.39. The van der Waals surface area contributed by atoms with Crippen molar-refractivity contribution in [3.05, 3.63) is 12.7 Å². The molecular weight excluding hydrogens is 236 g/mol. The van der Waals surface area contributed by atoms with Crippen molar-refractivity contribution in [1.29, 1.82) is 5.41 Å². The molecule has 0 spiro atoms. The first-order valence-electron chi connectivity index (χ1n) is 5.55. The van der Waals surface area contributed by atoms with Crippen molar-refractivity contribution in [2.45, 2.75) is 39.2 Å². The Morgan fingerprint density at radius 2 is 2.12 bits per heavy atom. The minimum Gasteiger partial charge on any atom is -0.443 e. The number of hydrogen-bond acceptors (Lipinski definition) is 4. The molecular formula is C12H22N2O2S. The van der Waals surface area contributed by atoms with Crippen LogP contribution >= 0.6 is 11.8 Å². The van der Waals surface area contributed by atoms with Gasteiger partial charge in [-0.15, -0.1) is 6.58 Å². The first-order chi connectivity index (χ1) is 7.81. The van der Waals surface area contributed by atoms with Crippen LogP contribution in [0.4, 0.5) is 4.79 Å². The smallest absolute Gasteiger partial charge is 0.416 e. The van der Waals surface area contributed by atoms with Gasteiger partial charge in [0.15, 0.2) is 5.17 Å². The summed E-state index contributed by atoms with van der Waals surface area (Å²) in [5, 5.41) is 7.94. The van der Waals surface area contributed by atoms with Gasteiger partial charge in [-0.25, -0.2) is 4.79 Å². The van der Waals surface area contributed by atoms with Crippen LogP contribution in [0.25, 0.3) is 0 Å². The summed E-state index contributed by atoms with van der Waals surface area (Å²) in [5.74, 6) is 0. The number of rotatable bonds is 4. The highest BCUT2D eigenvalue weighted by Crippen LogP contribution is 2.13. The number of thioether (sulfide) groups is 1. The average Bonchev–Trinajstić information content (AvgIpc) is 2.20. The van der Waals surface area contributed by atoms with E-state index in [1.165, 1.54) is 16.7 Å². The number of nitrogens with zero attached hydrogens (tertiary/aromatic N) is 1. The molecule has 1 N–H and O–H groups in total. The fourth-order valence-corrected chi connectivity index (χ4v) is 1.48. The van der Waals surface area contributed by atoms with Gasteiger partial charge in [0.2, 0.25) is 0 Å². The van der Waals surface area contributed by atoms with Crippen molar-refractivity contribution in [3.8, 4) is 0 Å². The minimum absolute atomic E-state index is 0.211. The predicted octanol–water partition coefficient (Wildman–Crippen LogP) is 3.49. The number of amides is 1. The molecule has 0 aliphatic carbocycles. The van der Waals surface area contributed by atoms with Crippen molar-refractivity contribution >= 4 is 23.0 Å². The molecule has 0 aliphatic rings. The van der Waals surface area contributed by atoms with Gasteiger partial charge >= 0.3 is 6.09 Å². The lowest BCUT2D eigenvalue weighted by molar-refractivity contribution is 0.0372. The molecule has 5 heteroatoms. The molecule has 4 nitrogen and oxygen atoms in total. The molecule has 17 heavy (non-hydrogen) atoms. The van der Waals surface area contributed by atoms with E-state index in [0.29, 0.717) is 6.54 Å². The molecule has 1 amide bonds. The summed E-state index contributed by atoms with van der Waals surface area (Å²) in [6, 6.07) is 0. The predicted molar refractivity (Wildman–Crippen MR) is 73.6 cm³/mol. The summed E-state index contributed by atoms with van der Waals surface area (Å²) in [6.45, 7) is 9.56. The fraction of sp³-hybridized carbons (Fsp3) is 0.667. The number of hydrogen-bond donors (Lipinski definition) is 1. The Morgan fingerprint density at radius 1 is 1.53 bits per heavy atom. The molecule has 0 rings (SSSR count). The van der Waals surface area contributed by atoms with Crippen LogP contribution in [0.3, 0.4) is 0 Å². The Bertz CT molecular complexity index is 285. The van der Waals surface area contributed by atoms with Gasteiger partial charge < -0.3 is 4.74 Å². The van der Waals surface area contributed by atoms with E-state index in [4.69, 9.17) is 10.1 Å². The molecule has 98 valence electrons. The summed E-state index contributed by atoms with van der Waals surface area (Å²) in [4.78, 5) is 13.2. The summed E-state index contributed by atoms with van der Waals surface area (Å²) in [5.41, 5.74) is -0.535. The van der Waals surface area contributed by atoms with Crippen LogP contribution in [0.5, 0.6) is 0 Å². The van der Waals surface area contributed by atoms with Crippen LogP contribution < -0.4 is 0 Å². The highest BCUT2D eigenvalue weighted by Gasteiger charge is 2.24. The second-order valence-corrected chi connectivity index (χ2v) is 5.37. The van der Waals surface area contributed by atoms with E-state index in [1.54, 1.807) is 12.3 Å². The molecule has 0 atom stereocenters. The molecule has 0 aromatic carbocycles. The number of unbranched alkanes of at least 4 members (excludes halogenated alkanes) is 1. The van der Waals surface area contributed by atoms with E-state index in [-0.39, 0.29) is 5.17 Å². The Balaban J connectivity index is 4.51. The molecule has 0 heterocycles. The third-order valence-corrected chi connectivity index (χ3v) is 2.45. The third-order valence-electron chi connectivity index (χ3n) is 1.84. The van der Waals surface area contributed by atoms with Gasteiger partial charge in [-0.05, 0) is 39.9 Å². The third kappa shape index (κ3) is 7.05. The van der Waals surface area contributed by atoms with E-state index in [2.05, 4.69) is 6.58 Å². The zero-order chi connectivity index (χ0) is 13.5. The lowest BCUT2D eigenvalue weighted by Gasteiger charge is -2.26. The van der Waals surface area contributed by atoms with Gasteiger partial charge in [-0.1, -0.05) is 17.8 Å². The Kier molecular flexibility index (Phi) is 6.95. The molecule has 0 bridgehead atoms. The number of amidine groups is 1. The SMILES string of the molecule is C=CCCCN(C(=N)SC)C(=O)OC(C)(C)C. The molecule has 0 aromatic rings. The highest BCUT2D eigenvalue weighted by atomic mass is 32.2. The first kappa shape index (κ1) is 16.0. The standard InChI is InChI=1S/C12H22N2O2S/c1-6-7-8-9-14(10(13)17-5)11(15)16-12(2,3)4/h6,13H,1,7-9H2,2-5H3. The molecule has 0 aliphatic heterocycles. The van der Waals surface area contributed by atoms with Crippen molar-refractivity contribution in [3.63, 3.8) is 0 Å². The number of carbonyl (C=O) groups is 1. The van der Waals surface area contributed by atoms with Crippen LogP contribution in [0.15, 0.2) is 12.7 Å². The van der Waals surface area contributed by atoms with E-state index in [0.717, 1.165) is 12.8 Å². The molecule has 0 fully saturated rings. The van der Waals surface area contributed by atoms with Gasteiger partial charge in [-0.2, -0.15) is 0 Å². The molecule has 0 saturated carbocycles. The molecule has 0 aromatic heterocycles. The topological polar surface area (TPSA) is 53.4 Å². The second-order valence-electron chi connectivity index (χ2n) is 4.57.